The zero-order chi connectivity index (χ0) is 15.9. The van der Waals surface area contributed by atoms with Crippen molar-refractivity contribution in [1.82, 2.24) is 15.5 Å². The number of aromatic nitrogens is 2. The Hall–Kier alpha value is -1.50. The Morgan fingerprint density at radius 2 is 2.14 bits per heavy atom. The summed E-state index contributed by atoms with van der Waals surface area (Å²) in [6.07, 6.45) is 2.66. The van der Waals surface area contributed by atoms with Crippen molar-refractivity contribution in [2.24, 2.45) is 5.73 Å². The topological polar surface area (TPSA) is 80.9 Å². The van der Waals surface area contributed by atoms with Gasteiger partial charge in [-0.05, 0) is 31.9 Å². The molecule has 7 heteroatoms. The minimum absolute atomic E-state index is 0.0766. The number of rotatable bonds is 7. The first kappa shape index (κ1) is 16.9. The summed E-state index contributed by atoms with van der Waals surface area (Å²) in [4.78, 5) is 11.4. The number of amides is 1. The molecule has 0 fully saturated rings. The SMILES string of the molecule is CC(=O)NC(CCCCN)c1nnc(-c2ccccc2Cl)s1. The predicted molar refractivity (Wildman–Crippen MR) is 89.8 cm³/mol. The van der Waals surface area contributed by atoms with Gasteiger partial charge >= 0.3 is 0 Å². The number of carbonyl (C=O) groups excluding carboxylic acids is 1. The molecule has 1 amide bonds. The molecule has 2 rings (SSSR count). The number of carbonyl (C=O) groups is 1. The van der Waals surface area contributed by atoms with Crippen molar-refractivity contribution in [1.29, 1.82) is 0 Å². The molecule has 5 nitrogen and oxygen atoms in total. The lowest BCUT2D eigenvalue weighted by Gasteiger charge is -2.14. The molecule has 0 saturated carbocycles. The van der Waals surface area contributed by atoms with Crippen molar-refractivity contribution in [3.05, 3.63) is 34.3 Å². The molecular formula is C15H19ClN4OS. The van der Waals surface area contributed by atoms with E-state index in [1.807, 2.05) is 24.3 Å². The summed E-state index contributed by atoms with van der Waals surface area (Å²) in [6.45, 7) is 2.15. The summed E-state index contributed by atoms with van der Waals surface area (Å²) >= 11 is 7.65. The fourth-order valence-electron chi connectivity index (χ4n) is 2.11. The van der Waals surface area contributed by atoms with Crippen LogP contribution in [0, 0.1) is 0 Å². The first-order valence-corrected chi connectivity index (χ1v) is 8.36. The Morgan fingerprint density at radius 3 is 2.82 bits per heavy atom. The highest BCUT2D eigenvalue weighted by Crippen LogP contribution is 2.32. The molecule has 0 saturated heterocycles. The molecular weight excluding hydrogens is 320 g/mol. The molecule has 1 heterocycles. The van der Waals surface area contributed by atoms with E-state index in [-0.39, 0.29) is 11.9 Å². The van der Waals surface area contributed by atoms with Crippen LogP contribution in [0.25, 0.3) is 10.6 Å². The Morgan fingerprint density at radius 1 is 1.36 bits per heavy atom. The quantitative estimate of drug-likeness (QED) is 0.760. The maximum atomic E-state index is 11.4. The molecule has 1 atom stereocenters. The van der Waals surface area contributed by atoms with Crippen molar-refractivity contribution in [2.45, 2.75) is 32.2 Å². The van der Waals surface area contributed by atoms with E-state index in [0.29, 0.717) is 11.6 Å². The Labute approximate surface area is 138 Å². The van der Waals surface area contributed by atoms with Crippen LogP contribution in [0.5, 0.6) is 0 Å². The average molecular weight is 339 g/mol. The van der Waals surface area contributed by atoms with Crippen LogP contribution in [-0.4, -0.2) is 22.6 Å². The molecule has 1 aromatic heterocycles. The molecule has 0 aliphatic carbocycles. The van der Waals surface area contributed by atoms with E-state index in [9.17, 15) is 4.79 Å². The standard InChI is InChI=1S/C15H19ClN4OS/c1-10(21)18-13(8-4-5-9-17)15-20-19-14(22-15)11-6-2-3-7-12(11)16/h2-3,6-7,13H,4-5,8-9,17H2,1H3,(H,18,21). The first-order valence-electron chi connectivity index (χ1n) is 7.17. The van der Waals surface area contributed by atoms with Crippen LogP contribution in [0.2, 0.25) is 5.02 Å². The predicted octanol–water partition coefficient (Wildman–Crippen LogP) is 3.16. The molecule has 0 radical (unpaired) electrons. The number of unbranched alkanes of at least 4 members (excludes halogenated alkanes) is 1. The normalized spacial score (nSPS) is 12.1. The van der Waals surface area contributed by atoms with Gasteiger partial charge in [-0.3, -0.25) is 4.79 Å². The van der Waals surface area contributed by atoms with E-state index in [1.54, 1.807) is 0 Å². The van der Waals surface area contributed by atoms with Crippen LogP contribution in [0.1, 0.15) is 37.2 Å². The second-order valence-corrected chi connectivity index (χ2v) is 6.38. The van der Waals surface area contributed by atoms with Gasteiger partial charge in [-0.1, -0.05) is 41.1 Å². The highest BCUT2D eigenvalue weighted by molar-refractivity contribution is 7.14. The fraction of sp³-hybridized carbons (Fsp3) is 0.400. The maximum absolute atomic E-state index is 11.4. The first-order chi connectivity index (χ1) is 10.6. The second-order valence-electron chi connectivity index (χ2n) is 4.96. The molecule has 0 aliphatic heterocycles. The zero-order valence-electron chi connectivity index (χ0n) is 12.4. The highest BCUT2D eigenvalue weighted by Gasteiger charge is 2.18. The molecule has 2 aromatic rings. The van der Waals surface area contributed by atoms with Gasteiger partial charge in [0.05, 0.1) is 11.1 Å². The molecule has 3 N–H and O–H groups in total. The third-order valence-electron chi connectivity index (χ3n) is 3.17. The minimum atomic E-state index is -0.127. The number of nitrogens with one attached hydrogen (secondary N) is 1. The molecule has 22 heavy (non-hydrogen) atoms. The van der Waals surface area contributed by atoms with Crippen molar-refractivity contribution < 1.29 is 4.79 Å². The summed E-state index contributed by atoms with van der Waals surface area (Å²) < 4.78 is 0. The Balaban J connectivity index is 2.18. The van der Waals surface area contributed by atoms with E-state index < -0.39 is 0 Å². The molecule has 118 valence electrons. The largest absolute Gasteiger partial charge is 0.347 e. The van der Waals surface area contributed by atoms with Gasteiger partial charge in [0.1, 0.15) is 10.0 Å². The lowest BCUT2D eigenvalue weighted by molar-refractivity contribution is -0.119. The monoisotopic (exact) mass is 338 g/mol. The number of halogens is 1. The third-order valence-corrected chi connectivity index (χ3v) is 4.57. The van der Waals surface area contributed by atoms with Crippen molar-refractivity contribution in [3.8, 4) is 10.6 Å². The van der Waals surface area contributed by atoms with Gasteiger partial charge in [-0.25, -0.2) is 0 Å². The van der Waals surface area contributed by atoms with Gasteiger partial charge < -0.3 is 11.1 Å². The van der Waals surface area contributed by atoms with Crippen molar-refractivity contribution >= 4 is 28.8 Å². The maximum Gasteiger partial charge on any atom is 0.217 e. The van der Waals surface area contributed by atoms with E-state index >= 15 is 0 Å². The summed E-state index contributed by atoms with van der Waals surface area (Å²) in [5.41, 5.74) is 6.38. The molecule has 0 aliphatic rings. The minimum Gasteiger partial charge on any atom is -0.347 e. The van der Waals surface area contributed by atoms with Gasteiger partial charge in [0.25, 0.3) is 0 Å². The van der Waals surface area contributed by atoms with E-state index in [0.717, 1.165) is 34.8 Å². The van der Waals surface area contributed by atoms with E-state index in [2.05, 4.69) is 15.5 Å². The molecule has 1 aromatic carbocycles. The summed E-state index contributed by atoms with van der Waals surface area (Å²) in [6, 6.07) is 7.40. The molecule has 0 bridgehead atoms. The summed E-state index contributed by atoms with van der Waals surface area (Å²) in [5, 5.41) is 13.6. The van der Waals surface area contributed by atoms with Gasteiger partial charge in [0, 0.05) is 12.5 Å². The zero-order valence-corrected chi connectivity index (χ0v) is 14.0. The van der Waals surface area contributed by atoms with E-state index in [1.165, 1.54) is 18.3 Å². The van der Waals surface area contributed by atoms with Gasteiger partial charge in [-0.2, -0.15) is 0 Å². The second kappa shape index (κ2) is 8.22. The smallest absolute Gasteiger partial charge is 0.217 e. The lowest BCUT2D eigenvalue weighted by atomic mass is 10.1. The van der Waals surface area contributed by atoms with Crippen LogP contribution in [0.4, 0.5) is 0 Å². The van der Waals surface area contributed by atoms with Crippen molar-refractivity contribution in [3.63, 3.8) is 0 Å². The molecule has 0 spiro atoms. The Kier molecular flexibility index (Phi) is 6.30. The van der Waals surface area contributed by atoms with Crippen LogP contribution in [-0.2, 0) is 4.79 Å². The van der Waals surface area contributed by atoms with Crippen LogP contribution >= 0.6 is 22.9 Å². The third kappa shape index (κ3) is 4.50. The van der Waals surface area contributed by atoms with Gasteiger partial charge in [0.15, 0.2) is 0 Å². The van der Waals surface area contributed by atoms with Crippen LogP contribution < -0.4 is 11.1 Å². The number of hydrogen-bond donors (Lipinski definition) is 2. The number of benzene rings is 1. The van der Waals surface area contributed by atoms with Gasteiger partial charge in [-0.15, -0.1) is 10.2 Å². The van der Waals surface area contributed by atoms with Gasteiger partial charge in [0.2, 0.25) is 5.91 Å². The van der Waals surface area contributed by atoms with E-state index in [4.69, 9.17) is 17.3 Å². The average Bonchev–Trinajstić information content (AvgIpc) is 2.96. The highest BCUT2D eigenvalue weighted by atomic mass is 35.5. The number of hydrogen-bond acceptors (Lipinski definition) is 5. The fourth-order valence-corrected chi connectivity index (χ4v) is 3.36. The van der Waals surface area contributed by atoms with Crippen molar-refractivity contribution in [2.75, 3.05) is 6.54 Å². The lowest BCUT2D eigenvalue weighted by Crippen LogP contribution is -2.26. The molecule has 1 unspecified atom stereocenters. The van der Waals surface area contributed by atoms with Crippen LogP contribution in [0.3, 0.4) is 0 Å². The summed E-state index contributed by atoms with van der Waals surface area (Å²) in [5.74, 6) is -0.0766. The Bertz CT molecular complexity index is 632. The number of nitrogens with two attached hydrogens (primary N) is 1. The van der Waals surface area contributed by atoms with Crippen LogP contribution in [0.15, 0.2) is 24.3 Å². The number of nitrogens with zero attached hydrogens (tertiary/aromatic N) is 2. The summed E-state index contributed by atoms with van der Waals surface area (Å²) in [7, 11) is 0.